The van der Waals surface area contributed by atoms with Gasteiger partial charge in [0, 0.05) is 5.56 Å². The van der Waals surface area contributed by atoms with Crippen LogP contribution in [0, 0.1) is 6.92 Å². The van der Waals surface area contributed by atoms with Gasteiger partial charge < -0.3 is 28.8 Å². The second-order valence-electron chi connectivity index (χ2n) is 9.65. The highest BCUT2D eigenvalue weighted by Crippen LogP contribution is 2.48. The zero-order chi connectivity index (χ0) is 32.0. The second-order valence-corrected chi connectivity index (χ2v) is 10.6. The largest absolute Gasteiger partial charge is 0.507 e. The van der Waals surface area contributed by atoms with E-state index in [2.05, 4.69) is 18.5 Å². The Bertz CT molecular complexity index is 1570. The Hall–Kier alpha value is -4.84. The summed E-state index contributed by atoms with van der Waals surface area (Å²) in [7, 11) is 4.33. The summed E-state index contributed by atoms with van der Waals surface area (Å²) < 4.78 is 27.4. The molecule has 1 aliphatic heterocycles. The summed E-state index contributed by atoms with van der Waals surface area (Å²) in [6, 6.07) is 8.58. The molecule has 2 aromatic carbocycles. The summed E-state index contributed by atoms with van der Waals surface area (Å²) in [6.07, 6.45) is 3.31. The number of methoxy groups -OCH3 is 3. The molecular weight excluding hydrogens is 588 g/mol. The first-order valence-electron chi connectivity index (χ1n) is 13.8. The lowest BCUT2D eigenvalue weighted by atomic mass is 9.94. The first-order chi connectivity index (χ1) is 21.2. The Labute approximate surface area is 259 Å². The zero-order valence-electron chi connectivity index (χ0n) is 25.2. The van der Waals surface area contributed by atoms with E-state index in [9.17, 15) is 19.5 Å². The summed E-state index contributed by atoms with van der Waals surface area (Å²) in [4.78, 5) is 45.8. The van der Waals surface area contributed by atoms with E-state index >= 15 is 0 Å². The number of anilines is 1. The van der Waals surface area contributed by atoms with E-state index in [4.69, 9.17) is 23.7 Å². The van der Waals surface area contributed by atoms with Crippen molar-refractivity contribution in [2.75, 3.05) is 39.4 Å². The fraction of sp³-hybridized carbons (Fsp3) is 0.312. The van der Waals surface area contributed by atoms with Crippen LogP contribution in [0.3, 0.4) is 0 Å². The van der Waals surface area contributed by atoms with Crippen LogP contribution in [0.15, 0.2) is 54.6 Å². The van der Waals surface area contributed by atoms with Crippen molar-refractivity contribution in [2.24, 2.45) is 0 Å². The van der Waals surface area contributed by atoms with E-state index < -0.39 is 29.5 Å². The maximum atomic E-state index is 13.7. The number of carbonyl (C=O) groups excluding carboxylic acids is 3. The number of aryl methyl sites for hydroxylation is 1. The first-order valence-corrected chi connectivity index (χ1v) is 14.6. The van der Waals surface area contributed by atoms with Crippen LogP contribution < -0.4 is 23.8 Å². The number of unbranched alkanes of at least 4 members (excludes halogenated alkanes) is 1. The predicted molar refractivity (Wildman–Crippen MR) is 165 cm³/mol. The average molecular weight is 623 g/mol. The number of esters is 1. The van der Waals surface area contributed by atoms with Crippen LogP contribution in [0.4, 0.5) is 5.13 Å². The van der Waals surface area contributed by atoms with Gasteiger partial charge in [-0.3, -0.25) is 14.5 Å². The van der Waals surface area contributed by atoms with Crippen molar-refractivity contribution in [3.05, 3.63) is 76.3 Å². The van der Waals surface area contributed by atoms with Gasteiger partial charge in [0.1, 0.15) is 23.0 Å². The van der Waals surface area contributed by atoms with Crippen molar-refractivity contribution in [1.29, 1.82) is 0 Å². The molecule has 0 radical (unpaired) electrons. The van der Waals surface area contributed by atoms with E-state index in [1.165, 1.54) is 27.4 Å². The number of aliphatic hydroxyl groups is 1. The summed E-state index contributed by atoms with van der Waals surface area (Å²) in [5.74, 6) is -1.48. The van der Waals surface area contributed by atoms with Crippen LogP contribution >= 0.6 is 11.3 Å². The quantitative estimate of drug-likeness (QED) is 0.0639. The number of hydrogen-bond donors (Lipinski definition) is 1. The molecule has 1 aliphatic rings. The molecule has 1 atom stereocenters. The number of thiazole rings is 1. The van der Waals surface area contributed by atoms with Gasteiger partial charge in [-0.2, -0.15) is 0 Å². The molecule has 1 amide bonds. The van der Waals surface area contributed by atoms with Gasteiger partial charge in [-0.1, -0.05) is 37.3 Å². The molecule has 1 aromatic heterocycles. The predicted octanol–water partition coefficient (Wildman–Crippen LogP) is 5.63. The maximum absolute atomic E-state index is 13.7. The van der Waals surface area contributed by atoms with E-state index in [1.54, 1.807) is 43.3 Å². The molecule has 1 N–H and O–H groups in total. The fourth-order valence-electron chi connectivity index (χ4n) is 4.68. The second kappa shape index (κ2) is 14.1. The van der Waals surface area contributed by atoms with Crippen molar-refractivity contribution in [3.8, 4) is 23.0 Å². The number of amides is 1. The summed E-state index contributed by atoms with van der Waals surface area (Å²) in [5.41, 5.74) is 0.784. The Kier molecular flexibility index (Phi) is 10.3. The number of nitrogens with zero attached hydrogens (tertiary/aromatic N) is 2. The molecule has 0 spiro atoms. The van der Waals surface area contributed by atoms with Crippen molar-refractivity contribution in [2.45, 2.75) is 32.7 Å². The van der Waals surface area contributed by atoms with Crippen LogP contribution in [0.25, 0.3) is 5.76 Å². The third-order valence-corrected chi connectivity index (χ3v) is 7.99. The van der Waals surface area contributed by atoms with Crippen LogP contribution in [0.2, 0.25) is 0 Å². The smallest absolute Gasteiger partial charge is 0.350 e. The molecular formula is C32H34N2O9S. The molecule has 0 aliphatic carbocycles. The van der Waals surface area contributed by atoms with Gasteiger partial charge in [0.15, 0.2) is 16.6 Å². The van der Waals surface area contributed by atoms with Gasteiger partial charge >= 0.3 is 11.9 Å². The molecule has 3 aromatic rings. The molecule has 12 heteroatoms. The maximum Gasteiger partial charge on any atom is 0.350 e. The Morgan fingerprint density at radius 1 is 1.09 bits per heavy atom. The van der Waals surface area contributed by atoms with E-state index in [0.29, 0.717) is 34.9 Å². The van der Waals surface area contributed by atoms with Crippen molar-refractivity contribution >= 4 is 39.9 Å². The van der Waals surface area contributed by atoms with E-state index in [-0.39, 0.29) is 33.7 Å². The molecule has 232 valence electrons. The van der Waals surface area contributed by atoms with Gasteiger partial charge in [0.05, 0.1) is 45.2 Å². The summed E-state index contributed by atoms with van der Waals surface area (Å²) >= 11 is 0.893. The van der Waals surface area contributed by atoms with Crippen LogP contribution in [0.1, 0.15) is 52.3 Å². The van der Waals surface area contributed by atoms with Crippen LogP contribution in [-0.2, 0) is 14.3 Å². The monoisotopic (exact) mass is 622 g/mol. The number of rotatable bonds is 13. The van der Waals surface area contributed by atoms with E-state index in [1.807, 2.05) is 0 Å². The number of carbonyl (C=O) groups is 3. The van der Waals surface area contributed by atoms with Gasteiger partial charge in [0.25, 0.3) is 5.78 Å². The highest BCUT2D eigenvalue weighted by Gasteiger charge is 2.49. The Morgan fingerprint density at radius 2 is 1.75 bits per heavy atom. The fourth-order valence-corrected chi connectivity index (χ4v) is 5.67. The van der Waals surface area contributed by atoms with Crippen molar-refractivity contribution in [1.82, 2.24) is 4.98 Å². The molecule has 11 nitrogen and oxygen atoms in total. The topological polar surface area (TPSA) is 134 Å². The lowest BCUT2D eigenvalue weighted by Crippen LogP contribution is -2.29. The lowest BCUT2D eigenvalue weighted by Gasteiger charge is -2.24. The number of hydrogen-bond acceptors (Lipinski definition) is 11. The Morgan fingerprint density at radius 3 is 2.32 bits per heavy atom. The average Bonchev–Trinajstić information content (AvgIpc) is 3.55. The minimum absolute atomic E-state index is 0.0100. The van der Waals surface area contributed by atoms with Gasteiger partial charge in [0.2, 0.25) is 5.75 Å². The molecule has 1 saturated heterocycles. The van der Waals surface area contributed by atoms with Crippen molar-refractivity contribution < 1.29 is 43.2 Å². The van der Waals surface area contributed by atoms with Crippen LogP contribution in [-0.4, -0.2) is 62.3 Å². The number of benzene rings is 2. The minimum atomic E-state index is -1.17. The van der Waals surface area contributed by atoms with Crippen molar-refractivity contribution in [3.63, 3.8) is 0 Å². The van der Waals surface area contributed by atoms with Gasteiger partial charge in [-0.25, -0.2) is 9.78 Å². The van der Waals surface area contributed by atoms with Crippen LogP contribution in [0.5, 0.6) is 23.0 Å². The van der Waals surface area contributed by atoms with Gasteiger partial charge in [-0.05, 0) is 55.3 Å². The number of ketones is 1. The van der Waals surface area contributed by atoms with E-state index in [0.717, 1.165) is 29.1 Å². The lowest BCUT2D eigenvalue weighted by molar-refractivity contribution is -0.132. The number of aromatic nitrogens is 1. The molecule has 4 rings (SSSR count). The normalized spacial score (nSPS) is 15.7. The summed E-state index contributed by atoms with van der Waals surface area (Å²) in [5, 5.41) is 11.6. The standard InChI is InChI=1S/C32H34N2O9S/c1-7-9-15-42-21-12-10-19(11-13-21)26(35)24-25(20-16-22(39-4)28(41-6)23(17-20)40-5)34(30(37)27(24)36)32-33-18(3)29(44-32)31(38)43-14-8-2/h8,10-13,16-17,25,35H,2,7,9,14-15H2,1,3-6H3/t25-/m1/s1. The Balaban J connectivity index is 1.90. The molecule has 0 bridgehead atoms. The SMILES string of the molecule is C=CCOC(=O)c1sc(N2C(=O)C(=O)C(=C(O)c3ccc(OCCCC)cc3)[C@H]2c2cc(OC)c(OC)c(OC)c2)nc1C. The number of aliphatic hydroxyl groups excluding tert-OH is 1. The highest BCUT2D eigenvalue weighted by atomic mass is 32.1. The highest BCUT2D eigenvalue weighted by molar-refractivity contribution is 7.17. The molecule has 2 heterocycles. The summed E-state index contributed by atoms with van der Waals surface area (Å²) in [6.45, 7) is 7.74. The number of ether oxygens (including phenoxy) is 5. The molecule has 1 fully saturated rings. The molecule has 0 saturated carbocycles. The number of Topliss-reactive ketones (excluding diaryl/α,β-unsaturated/α-hetero) is 1. The first kappa shape index (κ1) is 32.1. The third-order valence-electron chi connectivity index (χ3n) is 6.85. The zero-order valence-corrected chi connectivity index (χ0v) is 26.0. The van der Waals surface area contributed by atoms with Gasteiger partial charge in [-0.15, -0.1) is 0 Å². The third kappa shape index (κ3) is 6.25. The molecule has 44 heavy (non-hydrogen) atoms. The minimum Gasteiger partial charge on any atom is -0.507 e. The molecule has 0 unspecified atom stereocenters.